The summed E-state index contributed by atoms with van der Waals surface area (Å²) in [5.41, 5.74) is 3.98. The largest absolute Gasteiger partial charge is 0.512 e. The molecule has 0 radical (unpaired) electrons. The highest BCUT2D eigenvalue weighted by Crippen LogP contribution is 2.42. The minimum atomic E-state index is -1.05. The first-order chi connectivity index (χ1) is 17.8. The zero-order valence-electron chi connectivity index (χ0n) is 20.8. The van der Waals surface area contributed by atoms with Crippen LogP contribution in [-0.4, -0.2) is 39.5 Å². The quantitative estimate of drug-likeness (QED) is 0.253. The van der Waals surface area contributed by atoms with Crippen molar-refractivity contribution in [1.82, 2.24) is 0 Å². The van der Waals surface area contributed by atoms with Gasteiger partial charge in [0.1, 0.15) is 6.10 Å². The Balaban J connectivity index is 1.52. The van der Waals surface area contributed by atoms with Crippen LogP contribution in [0.2, 0.25) is 0 Å². The number of rotatable bonds is 9. The van der Waals surface area contributed by atoms with Crippen molar-refractivity contribution in [1.29, 1.82) is 0 Å². The zero-order valence-corrected chi connectivity index (χ0v) is 20.8. The van der Waals surface area contributed by atoms with Gasteiger partial charge in [-0.15, -0.1) is 0 Å². The molecule has 4 atom stereocenters. The van der Waals surface area contributed by atoms with E-state index in [1.54, 1.807) is 19.1 Å². The van der Waals surface area contributed by atoms with Crippen molar-refractivity contribution in [2.45, 2.75) is 44.8 Å². The second kappa shape index (κ2) is 11.9. The number of carbonyl (C=O) groups is 2. The summed E-state index contributed by atoms with van der Waals surface area (Å²) in [4.78, 5) is 24.6. The number of aliphatic carboxylic acids is 1. The summed E-state index contributed by atoms with van der Waals surface area (Å²) in [6, 6.07) is 26.6. The number of carboxylic acid groups (broad SMARTS) is 1. The minimum absolute atomic E-state index is 0.111. The lowest BCUT2D eigenvalue weighted by Crippen LogP contribution is -2.29. The lowest BCUT2D eigenvalue weighted by molar-refractivity contribution is -0.139. The third-order valence-corrected chi connectivity index (χ3v) is 7.17. The van der Waals surface area contributed by atoms with Crippen LogP contribution in [0.3, 0.4) is 0 Å². The van der Waals surface area contributed by atoms with E-state index in [-0.39, 0.29) is 18.6 Å². The van der Waals surface area contributed by atoms with Crippen molar-refractivity contribution in [3.8, 4) is 11.1 Å². The summed E-state index contributed by atoms with van der Waals surface area (Å²) in [7, 11) is 0. The van der Waals surface area contributed by atoms with Crippen molar-refractivity contribution in [2.24, 2.45) is 11.8 Å². The number of hydrogen-bond acceptors (Lipinski definition) is 5. The number of aliphatic hydroxyl groups excluding tert-OH is 2. The molecular formula is C31H32O6. The summed E-state index contributed by atoms with van der Waals surface area (Å²) in [6.45, 7) is 1.73. The molecule has 0 aromatic heterocycles. The number of hydrogen-bond donors (Lipinski definition) is 3. The molecule has 1 aliphatic carbocycles. The molecule has 3 aromatic rings. The van der Waals surface area contributed by atoms with Gasteiger partial charge in [-0.2, -0.15) is 0 Å². The van der Waals surface area contributed by atoms with Crippen molar-refractivity contribution in [3.05, 3.63) is 107 Å². The van der Waals surface area contributed by atoms with Gasteiger partial charge in [0.05, 0.1) is 23.8 Å². The number of allylic oxidation sites excluding steroid dienone is 1. The number of aliphatic hydroxyl groups is 2. The molecule has 0 amide bonds. The summed E-state index contributed by atoms with van der Waals surface area (Å²) in [6.07, 6.45) is -0.907. The van der Waals surface area contributed by atoms with Gasteiger partial charge in [0, 0.05) is 24.7 Å². The van der Waals surface area contributed by atoms with Crippen LogP contribution in [0.25, 0.3) is 11.1 Å². The summed E-state index contributed by atoms with van der Waals surface area (Å²) < 4.78 is 5.83. The van der Waals surface area contributed by atoms with E-state index in [9.17, 15) is 24.9 Å². The van der Waals surface area contributed by atoms with Gasteiger partial charge in [0.25, 0.3) is 0 Å². The molecule has 6 heteroatoms. The highest BCUT2D eigenvalue weighted by Gasteiger charge is 2.47. The Hall–Kier alpha value is -3.90. The molecule has 0 aliphatic heterocycles. The maximum Gasteiger partial charge on any atom is 0.338 e. The second-order valence-electron chi connectivity index (χ2n) is 9.59. The SMILES string of the molecule is CC(=C(O)CCc1ccccc1)[C@@H]1[C@@H](CC(=O)O)[C@@H](O)C[C@@H]1OC(=O)c1ccc(-c2ccccc2)cc1. The Bertz CT molecular complexity index is 1230. The Morgan fingerprint density at radius 3 is 2.08 bits per heavy atom. The molecule has 3 N–H and O–H groups in total. The lowest BCUT2D eigenvalue weighted by atomic mass is 9.84. The van der Waals surface area contributed by atoms with E-state index in [0.717, 1.165) is 16.7 Å². The van der Waals surface area contributed by atoms with Crippen LogP contribution in [0.1, 0.15) is 42.1 Å². The number of esters is 1. The van der Waals surface area contributed by atoms with Gasteiger partial charge in [-0.3, -0.25) is 4.79 Å². The molecule has 0 spiro atoms. The van der Waals surface area contributed by atoms with Crippen LogP contribution in [0.4, 0.5) is 0 Å². The molecule has 1 fully saturated rings. The minimum Gasteiger partial charge on any atom is -0.512 e. The fourth-order valence-electron chi connectivity index (χ4n) is 5.19. The van der Waals surface area contributed by atoms with E-state index < -0.39 is 36.0 Å². The molecule has 192 valence electrons. The summed E-state index contributed by atoms with van der Waals surface area (Å²) in [5.74, 6) is -2.74. The van der Waals surface area contributed by atoms with Gasteiger partial charge < -0.3 is 20.1 Å². The smallest absolute Gasteiger partial charge is 0.338 e. The highest BCUT2D eigenvalue weighted by atomic mass is 16.5. The third-order valence-electron chi connectivity index (χ3n) is 7.17. The van der Waals surface area contributed by atoms with Gasteiger partial charge in [0.15, 0.2) is 0 Å². The van der Waals surface area contributed by atoms with Crippen LogP contribution < -0.4 is 0 Å². The molecule has 1 aliphatic rings. The number of benzene rings is 3. The average Bonchev–Trinajstić information content (AvgIpc) is 3.21. The molecule has 1 saturated carbocycles. The Labute approximate surface area is 216 Å². The third kappa shape index (κ3) is 6.46. The van der Waals surface area contributed by atoms with Crippen LogP contribution in [0, 0.1) is 11.8 Å². The predicted octanol–water partition coefficient (Wildman–Crippen LogP) is 5.82. The maximum atomic E-state index is 13.0. The van der Waals surface area contributed by atoms with Gasteiger partial charge in [0.2, 0.25) is 0 Å². The predicted molar refractivity (Wildman–Crippen MR) is 141 cm³/mol. The van der Waals surface area contributed by atoms with Gasteiger partial charge in [-0.25, -0.2) is 4.79 Å². The number of carboxylic acids is 1. The standard InChI is InChI=1S/C31H32O6/c1-20(26(32)17-12-21-8-4-2-5-9-21)30-25(18-29(34)35)27(33)19-28(30)37-31(36)24-15-13-23(14-16-24)22-10-6-3-7-11-22/h2-11,13-16,25,27-28,30,32-33H,12,17-19H2,1H3,(H,34,35)/t25-,27-,28-,30+/m0/s1. The summed E-state index contributed by atoms with van der Waals surface area (Å²) in [5, 5.41) is 31.1. The molecular weight excluding hydrogens is 468 g/mol. The average molecular weight is 501 g/mol. The number of aryl methyl sites for hydroxylation is 1. The molecule has 0 heterocycles. The second-order valence-corrected chi connectivity index (χ2v) is 9.59. The summed E-state index contributed by atoms with van der Waals surface area (Å²) >= 11 is 0. The van der Waals surface area contributed by atoms with Crippen molar-refractivity contribution >= 4 is 11.9 Å². The van der Waals surface area contributed by atoms with E-state index >= 15 is 0 Å². The molecule has 0 unspecified atom stereocenters. The Kier molecular flexibility index (Phi) is 8.41. The topological polar surface area (TPSA) is 104 Å². The molecule has 4 rings (SSSR count). The maximum absolute atomic E-state index is 13.0. The number of ether oxygens (including phenoxy) is 1. The Morgan fingerprint density at radius 1 is 0.865 bits per heavy atom. The van der Waals surface area contributed by atoms with Crippen LogP contribution in [-0.2, 0) is 16.0 Å². The molecule has 37 heavy (non-hydrogen) atoms. The normalized spacial score (nSPS) is 21.8. The number of carbonyl (C=O) groups excluding carboxylic acids is 1. The first-order valence-corrected chi connectivity index (χ1v) is 12.5. The first-order valence-electron chi connectivity index (χ1n) is 12.5. The molecule has 0 bridgehead atoms. The zero-order chi connectivity index (χ0) is 26.4. The fourth-order valence-corrected chi connectivity index (χ4v) is 5.19. The van der Waals surface area contributed by atoms with E-state index in [1.165, 1.54) is 0 Å². The van der Waals surface area contributed by atoms with Gasteiger partial charge in [-0.1, -0.05) is 72.8 Å². The van der Waals surface area contributed by atoms with Gasteiger partial charge >= 0.3 is 11.9 Å². The van der Waals surface area contributed by atoms with Crippen LogP contribution in [0.5, 0.6) is 0 Å². The van der Waals surface area contributed by atoms with E-state index in [0.29, 0.717) is 24.0 Å². The van der Waals surface area contributed by atoms with Crippen LogP contribution >= 0.6 is 0 Å². The molecule has 3 aromatic carbocycles. The fraction of sp³-hybridized carbons (Fsp3) is 0.290. The molecule has 6 nitrogen and oxygen atoms in total. The Morgan fingerprint density at radius 2 is 1.46 bits per heavy atom. The van der Waals surface area contributed by atoms with Gasteiger partial charge in [-0.05, 0) is 47.7 Å². The van der Waals surface area contributed by atoms with E-state index in [1.807, 2.05) is 72.8 Å². The lowest BCUT2D eigenvalue weighted by Gasteiger charge is -2.26. The van der Waals surface area contributed by atoms with Crippen molar-refractivity contribution < 1.29 is 29.6 Å². The van der Waals surface area contributed by atoms with E-state index in [4.69, 9.17) is 4.74 Å². The monoisotopic (exact) mass is 500 g/mol. The van der Waals surface area contributed by atoms with Crippen molar-refractivity contribution in [3.63, 3.8) is 0 Å². The molecule has 0 saturated heterocycles. The highest BCUT2D eigenvalue weighted by molar-refractivity contribution is 5.90. The van der Waals surface area contributed by atoms with Crippen LogP contribution in [0.15, 0.2) is 96.3 Å². The van der Waals surface area contributed by atoms with E-state index in [2.05, 4.69) is 0 Å². The van der Waals surface area contributed by atoms with Crippen molar-refractivity contribution in [2.75, 3.05) is 0 Å². The first kappa shape index (κ1) is 26.2.